The molecule has 2 N–H and O–H groups in total. The summed E-state index contributed by atoms with van der Waals surface area (Å²) in [6, 6.07) is 9.14. The monoisotopic (exact) mass is 713 g/mol. The molecule has 0 aliphatic heterocycles. The van der Waals surface area contributed by atoms with Crippen LogP contribution in [0, 0.1) is 3.57 Å². The highest BCUT2D eigenvalue weighted by Crippen LogP contribution is 2.42. The third kappa shape index (κ3) is 4.71. The maximum atomic E-state index is 12.9. The smallest absolute Gasteiger partial charge is 0.339 e. The molecule has 0 saturated carbocycles. The van der Waals surface area contributed by atoms with Gasteiger partial charge in [-0.15, -0.1) is 11.3 Å². The molecule has 150 valence electrons. The van der Waals surface area contributed by atoms with Crippen LogP contribution in [-0.4, -0.2) is 24.1 Å². The van der Waals surface area contributed by atoms with Gasteiger partial charge in [-0.2, -0.15) is 0 Å². The van der Waals surface area contributed by atoms with Crippen LogP contribution in [0.15, 0.2) is 49.1 Å². The highest BCUT2D eigenvalue weighted by atomic mass is 127. The van der Waals surface area contributed by atoms with E-state index in [1.165, 1.54) is 18.4 Å². The molecule has 0 atom stereocenters. The minimum atomic E-state index is -1.11. The van der Waals surface area contributed by atoms with E-state index in [0.29, 0.717) is 29.6 Å². The van der Waals surface area contributed by atoms with E-state index in [1.807, 2.05) is 24.3 Å². The van der Waals surface area contributed by atoms with Crippen molar-refractivity contribution >= 4 is 99.3 Å². The summed E-state index contributed by atoms with van der Waals surface area (Å²) in [5.74, 6) is -1.02. The molecule has 1 aromatic heterocycles. The lowest BCUT2D eigenvalue weighted by molar-refractivity contribution is 0.0699. The summed E-state index contributed by atoms with van der Waals surface area (Å²) in [6.07, 6.45) is 0. The molecule has 3 rings (SSSR count). The van der Waals surface area contributed by atoms with Gasteiger partial charge in [0.15, 0.2) is 0 Å². The third-order valence-corrected chi connectivity index (χ3v) is 8.37. The van der Waals surface area contributed by atoms with Gasteiger partial charge in [-0.1, -0.05) is 12.1 Å². The topological polar surface area (TPSA) is 75.6 Å². The van der Waals surface area contributed by atoms with E-state index in [9.17, 15) is 14.7 Å². The minimum Gasteiger partial charge on any atom is -0.494 e. The average molecular weight is 716 g/mol. The number of ether oxygens (including phenoxy) is 1. The average Bonchev–Trinajstić information content (AvgIpc) is 3.09. The van der Waals surface area contributed by atoms with Crippen LogP contribution in [0.4, 0.5) is 5.69 Å². The van der Waals surface area contributed by atoms with E-state index in [1.54, 1.807) is 11.4 Å². The van der Waals surface area contributed by atoms with Crippen molar-refractivity contribution in [3.8, 4) is 16.2 Å². The van der Waals surface area contributed by atoms with Gasteiger partial charge in [0.2, 0.25) is 0 Å². The van der Waals surface area contributed by atoms with Crippen molar-refractivity contribution in [2.24, 2.45) is 0 Å². The van der Waals surface area contributed by atoms with Crippen LogP contribution in [0.3, 0.4) is 0 Å². The molecule has 0 aliphatic carbocycles. The largest absolute Gasteiger partial charge is 0.494 e. The summed E-state index contributed by atoms with van der Waals surface area (Å²) in [5, 5.41) is 14.1. The number of carbonyl (C=O) groups excluding carboxylic acids is 1. The zero-order valence-corrected chi connectivity index (χ0v) is 22.3. The number of carboxylic acid groups (broad SMARTS) is 1. The Morgan fingerprint density at radius 1 is 1.14 bits per heavy atom. The van der Waals surface area contributed by atoms with Crippen LogP contribution < -0.4 is 10.1 Å². The van der Waals surface area contributed by atoms with E-state index in [-0.39, 0.29) is 11.3 Å². The molecule has 2 aromatic carbocycles. The highest BCUT2D eigenvalue weighted by Gasteiger charge is 2.24. The SMILES string of the molecule is COc1c(Br)cc(C(=O)Nc2csc(-c3ccc(I)cc3)c2C(=O)O)c(Br)c1Br. The third-order valence-electron chi connectivity index (χ3n) is 3.92. The number of benzene rings is 2. The van der Waals surface area contributed by atoms with Crippen molar-refractivity contribution in [1.82, 2.24) is 0 Å². The normalized spacial score (nSPS) is 10.7. The second-order valence-corrected chi connectivity index (χ2v) is 10.3. The van der Waals surface area contributed by atoms with E-state index < -0.39 is 11.9 Å². The zero-order valence-electron chi connectivity index (χ0n) is 14.6. The zero-order chi connectivity index (χ0) is 21.3. The van der Waals surface area contributed by atoms with Crippen molar-refractivity contribution < 1.29 is 19.4 Å². The van der Waals surface area contributed by atoms with Gasteiger partial charge in [-0.3, -0.25) is 4.79 Å². The van der Waals surface area contributed by atoms with Crippen molar-refractivity contribution in [3.05, 3.63) is 63.8 Å². The molecule has 5 nitrogen and oxygen atoms in total. The first-order valence-corrected chi connectivity index (χ1v) is 12.2. The number of aromatic carboxylic acids is 1. The summed E-state index contributed by atoms with van der Waals surface area (Å²) < 4.78 is 8.00. The van der Waals surface area contributed by atoms with Crippen LogP contribution in [0.5, 0.6) is 5.75 Å². The molecule has 0 aliphatic rings. The Kier molecular flexibility index (Phi) is 7.41. The van der Waals surface area contributed by atoms with E-state index >= 15 is 0 Å². The van der Waals surface area contributed by atoms with E-state index in [4.69, 9.17) is 4.74 Å². The number of hydrogen-bond acceptors (Lipinski definition) is 4. The molecular formula is C19H11Br3INO4S. The number of rotatable bonds is 5. The number of carbonyl (C=O) groups is 2. The van der Waals surface area contributed by atoms with Gasteiger partial charge in [0.25, 0.3) is 5.91 Å². The lowest BCUT2D eigenvalue weighted by Crippen LogP contribution is -2.15. The predicted molar refractivity (Wildman–Crippen MR) is 133 cm³/mol. The first-order valence-electron chi connectivity index (χ1n) is 7.88. The molecule has 1 amide bonds. The molecule has 0 spiro atoms. The number of amides is 1. The molecule has 10 heteroatoms. The van der Waals surface area contributed by atoms with Gasteiger partial charge in [0.05, 0.1) is 32.2 Å². The van der Waals surface area contributed by atoms with Gasteiger partial charge in [-0.25, -0.2) is 4.79 Å². The fourth-order valence-electron chi connectivity index (χ4n) is 2.60. The van der Waals surface area contributed by atoms with Crippen LogP contribution in [-0.2, 0) is 0 Å². The van der Waals surface area contributed by atoms with Gasteiger partial charge in [0.1, 0.15) is 11.3 Å². The fourth-order valence-corrected chi connectivity index (χ4v) is 5.87. The summed E-state index contributed by atoms with van der Waals surface area (Å²) >= 11 is 13.6. The Balaban J connectivity index is 2.00. The van der Waals surface area contributed by atoms with Gasteiger partial charge in [0, 0.05) is 13.4 Å². The second kappa shape index (κ2) is 9.46. The Morgan fingerprint density at radius 2 is 1.79 bits per heavy atom. The standard InChI is InChI=1S/C19H11Br3INO4S/c1-28-16-11(20)6-10(14(21)15(16)22)18(25)24-12-7-29-17(13(12)19(26)27)8-2-4-9(23)5-3-8/h2-7H,1H3,(H,24,25)(H,26,27). The lowest BCUT2D eigenvalue weighted by Gasteiger charge is -2.13. The van der Waals surface area contributed by atoms with E-state index in [2.05, 4.69) is 75.7 Å². The Bertz CT molecular complexity index is 1120. The van der Waals surface area contributed by atoms with Crippen LogP contribution in [0.2, 0.25) is 0 Å². The summed E-state index contributed by atoms with van der Waals surface area (Å²) in [7, 11) is 1.52. The molecule has 0 saturated heterocycles. The summed E-state index contributed by atoms with van der Waals surface area (Å²) in [5.41, 5.74) is 1.41. The highest BCUT2D eigenvalue weighted by molar-refractivity contribution is 14.1. The first-order chi connectivity index (χ1) is 13.7. The molecule has 29 heavy (non-hydrogen) atoms. The minimum absolute atomic E-state index is 0.0623. The molecule has 0 unspecified atom stereocenters. The van der Waals surface area contributed by atoms with Gasteiger partial charge in [-0.05, 0) is 94.1 Å². The number of anilines is 1. The molecular weight excluding hydrogens is 705 g/mol. The summed E-state index contributed by atoms with van der Waals surface area (Å²) in [6.45, 7) is 0. The number of halogens is 4. The molecule has 3 aromatic rings. The van der Waals surface area contributed by atoms with Gasteiger partial charge >= 0.3 is 5.97 Å². The quantitative estimate of drug-likeness (QED) is 0.216. The first kappa shape index (κ1) is 22.7. The molecule has 0 radical (unpaired) electrons. The number of nitrogens with one attached hydrogen (secondary N) is 1. The molecule has 0 fully saturated rings. The Hall–Kier alpha value is -0.950. The second-order valence-electron chi connectivity index (χ2n) is 5.69. The fraction of sp³-hybridized carbons (Fsp3) is 0.0526. The molecule has 1 heterocycles. The number of carboxylic acids is 1. The maximum absolute atomic E-state index is 12.9. The number of thiophene rings is 1. The van der Waals surface area contributed by atoms with Crippen molar-refractivity contribution in [2.75, 3.05) is 12.4 Å². The number of methoxy groups -OCH3 is 1. The molecule has 0 bridgehead atoms. The van der Waals surface area contributed by atoms with Crippen molar-refractivity contribution in [3.63, 3.8) is 0 Å². The van der Waals surface area contributed by atoms with Crippen LogP contribution in [0.25, 0.3) is 10.4 Å². The van der Waals surface area contributed by atoms with Gasteiger partial charge < -0.3 is 15.2 Å². The van der Waals surface area contributed by atoms with E-state index in [0.717, 1.165) is 9.13 Å². The van der Waals surface area contributed by atoms with Crippen LogP contribution >= 0.6 is 81.7 Å². The maximum Gasteiger partial charge on any atom is 0.339 e. The van der Waals surface area contributed by atoms with Crippen molar-refractivity contribution in [1.29, 1.82) is 0 Å². The van der Waals surface area contributed by atoms with Crippen molar-refractivity contribution in [2.45, 2.75) is 0 Å². The van der Waals surface area contributed by atoms with Crippen LogP contribution in [0.1, 0.15) is 20.7 Å². The number of hydrogen-bond donors (Lipinski definition) is 2. The Morgan fingerprint density at radius 3 is 2.38 bits per heavy atom. The lowest BCUT2D eigenvalue weighted by atomic mass is 10.1. The Labute approximate surface area is 209 Å². The predicted octanol–water partition coefficient (Wildman–Crippen LogP) is 7.27. The summed E-state index contributed by atoms with van der Waals surface area (Å²) in [4.78, 5) is 25.4.